The van der Waals surface area contributed by atoms with Gasteiger partial charge in [0, 0.05) is 25.6 Å². The molecule has 5 heteroatoms. The summed E-state index contributed by atoms with van der Waals surface area (Å²) in [6.45, 7) is 0. The van der Waals surface area contributed by atoms with Gasteiger partial charge in [-0.3, -0.25) is 15.0 Å². The molecule has 0 spiro atoms. The lowest BCUT2D eigenvalue weighted by Crippen LogP contribution is -2.16. The second-order valence-electron chi connectivity index (χ2n) is 5.15. The van der Waals surface area contributed by atoms with E-state index in [9.17, 15) is 10.1 Å². The summed E-state index contributed by atoms with van der Waals surface area (Å²) in [6.07, 6.45) is 0.856. The van der Waals surface area contributed by atoms with Gasteiger partial charge in [0.25, 0.3) is 5.69 Å². The van der Waals surface area contributed by atoms with Gasteiger partial charge in [-0.05, 0) is 11.1 Å². The zero-order valence-electron chi connectivity index (χ0n) is 11.7. The number of non-ortho nitro benzene ring substituents is 1. The summed E-state index contributed by atoms with van der Waals surface area (Å²) in [5, 5.41) is 12.5. The van der Waals surface area contributed by atoms with Crippen molar-refractivity contribution in [2.75, 3.05) is 7.05 Å². The monoisotopic (exact) mass is 284 g/mol. The predicted octanol–water partition coefficient (Wildman–Crippen LogP) is 3.64. The number of hydroxylamine groups is 2. The Balaban J connectivity index is 1.79. The molecule has 0 aliphatic carbocycles. The Bertz CT molecular complexity index is 628. The zero-order chi connectivity index (χ0) is 14.8. The molecule has 0 aromatic heterocycles. The lowest BCUT2D eigenvalue weighted by atomic mass is 9.98. The second kappa shape index (κ2) is 5.63. The summed E-state index contributed by atoms with van der Waals surface area (Å²) in [5.74, 6) is 0. The molecule has 0 amide bonds. The number of benzene rings is 2. The van der Waals surface area contributed by atoms with Crippen molar-refractivity contribution in [1.82, 2.24) is 5.06 Å². The molecule has 2 aromatic carbocycles. The molecular weight excluding hydrogens is 268 g/mol. The average Bonchev–Trinajstić information content (AvgIpc) is 2.90. The van der Waals surface area contributed by atoms with Gasteiger partial charge in [-0.15, -0.1) is 0 Å². The van der Waals surface area contributed by atoms with Crippen molar-refractivity contribution in [3.05, 3.63) is 75.8 Å². The Morgan fingerprint density at radius 1 is 1.10 bits per heavy atom. The molecule has 0 bridgehead atoms. The molecule has 1 aliphatic rings. The van der Waals surface area contributed by atoms with Crippen LogP contribution in [0, 0.1) is 10.1 Å². The van der Waals surface area contributed by atoms with E-state index < -0.39 is 0 Å². The highest BCUT2D eigenvalue weighted by atomic mass is 16.7. The van der Waals surface area contributed by atoms with Gasteiger partial charge >= 0.3 is 0 Å². The van der Waals surface area contributed by atoms with Crippen molar-refractivity contribution in [3.8, 4) is 0 Å². The molecule has 0 unspecified atom stereocenters. The smallest absolute Gasteiger partial charge is 0.269 e. The van der Waals surface area contributed by atoms with Gasteiger partial charge in [-0.2, -0.15) is 5.06 Å². The van der Waals surface area contributed by atoms with E-state index in [2.05, 4.69) is 12.1 Å². The summed E-state index contributed by atoms with van der Waals surface area (Å²) in [4.78, 5) is 16.2. The lowest BCUT2D eigenvalue weighted by molar-refractivity contribution is -0.384. The van der Waals surface area contributed by atoms with Gasteiger partial charge in [0.1, 0.15) is 6.10 Å². The van der Waals surface area contributed by atoms with E-state index >= 15 is 0 Å². The largest absolute Gasteiger partial charge is 0.291 e. The van der Waals surface area contributed by atoms with Crippen LogP contribution in [0.1, 0.15) is 29.7 Å². The highest BCUT2D eigenvalue weighted by Crippen LogP contribution is 2.40. The van der Waals surface area contributed by atoms with Gasteiger partial charge in [-0.25, -0.2) is 0 Å². The van der Waals surface area contributed by atoms with E-state index in [1.54, 1.807) is 24.3 Å². The highest BCUT2D eigenvalue weighted by Gasteiger charge is 2.33. The summed E-state index contributed by atoms with van der Waals surface area (Å²) < 4.78 is 0. The van der Waals surface area contributed by atoms with Crippen molar-refractivity contribution < 1.29 is 9.76 Å². The Labute approximate surface area is 122 Å². The maximum absolute atomic E-state index is 10.7. The van der Waals surface area contributed by atoms with Crippen LogP contribution in [0.4, 0.5) is 5.69 Å². The van der Waals surface area contributed by atoms with Crippen molar-refractivity contribution in [3.63, 3.8) is 0 Å². The van der Waals surface area contributed by atoms with E-state index in [0.29, 0.717) is 0 Å². The number of rotatable bonds is 3. The number of hydrogen-bond acceptors (Lipinski definition) is 4. The van der Waals surface area contributed by atoms with Crippen LogP contribution in [0.5, 0.6) is 0 Å². The molecule has 1 heterocycles. The van der Waals surface area contributed by atoms with Crippen molar-refractivity contribution in [1.29, 1.82) is 0 Å². The summed E-state index contributed by atoms with van der Waals surface area (Å²) in [7, 11) is 1.90. The second-order valence-corrected chi connectivity index (χ2v) is 5.15. The third kappa shape index (κ3) is 2.79. The molecule has 108 valence electrons. The normalized spacial score (nSPS) is 22.3. The Morgan fingerprint density at radius 2 is 1.76 bits per heavy atom. The molecule has 0 radical (unpaired) electrons. The molecule has 0 saturated carbocycles. The molecule has 1 aliphatic heterocycles. The standard InChI is InChI=1S/C16H16N2O3/c1-17-15(12-7-9-14(10-8-12)18(19)20)11-16(21-17)13-5-3-2-4-6-13/h2-10,15-16H,11H2,1H3/t15-,16-/m1/s1. The van der Waals surface area contributed by atoms with Crippen LogP contribution < -0.4 is 0 Å². The van der Waals surface area contributed by atoms with E-state index in [1.165, 1.54) is 0 Å². The van der Waals surface area contributed by atoms with Crippen LogP contribution in [0.2, 0.25) is 0 Å². The van der Waals surface area contributed by atoms with Gasteiger partial charge < -0.3 is 0 Å². The van der Waals surface area contributed by atoms with Gasteiger partial charge in [0.05, 0.1) is 11.0 Å². The zero-order valence-corrected chi connectivity index (χ0v) is 11.7. The number of nitro benzene ring substituents is 1. The molecule has 1 saturated heterocycles. The summed E-state index contributed by atoms with van der Waals surface area (Å²) in [6, 6.07) is 16.9. The Kier molecular flexibility index (Phi) is 3.68. The summed E-state index contributed by atoms with van der Waals surface area (Å²) >= 11 is 0. The van der Waals surface area contributed by atoms with Crippen molar-refractivity contribution in [2.45, 2.75) is 18.6 Å². The first-order valence-corrected chi connectivity index (χ1v) is 6.84. The molecule has 5 nitrogen and oxygen atoms in total. The number of nitro groups is 1. The van der Waals surface area contributed by atoms with E-state index in [1.807, 2.05) is 30.3 Å². The topological polar surface area (TPSA) is 55.6 Å². The quantitative estimate of drug-likeness (QED) is 0.637. The minimum atomic E-state index is -0.384. The maximum atomic E-state index is 10.7. The number of nitrogens with zero attached hydrogens (tertiary/aromatic N) is 2. The maximum Gasteiger partial charge on any atom is 0.269 e. The minimum absolute atomic E-state index is 0.0244. The van der Waals surface area contributed by atoms with Crippen LogP contribution >= 0.6 is 0 Å². The Morgan fingerprint density at radius 3 is 2.38 bits per heavy atom. The van der Waals surface area contributed by atoms with Crippen molar-refractivity contribution >= 4 is 5.69 Å². The third-order valence-electron chi connectivity index (χ3n) is 3.83. The average molecular weight is 284 g/mol. The third-order valence-corrected chi connectivity index (χ3v) is 3.83. The van der Waals surface area contributed by atoms with Gasteiger partial charge in [0.15, 0.2) is 0 Å². The Hall–Kier alpha value is -2.24. The first-order valence-electron chi connectivity index (χ1n) is 6.84. The minimum Gasteiger partial charge on any atom is -0.291 e. The van der Waals surface area contributed by atoms with E-state index in [0.717, 1.165) is 17.5 Å². The molecule has 3 rings (SSSR count). The molecular formula is C16H16N2O3. The fourth-order valence-corrected chi connectivity index (χ4v) is 2.70. The fraction of sp³-hybridized carbons (Fsp3) is 0.250. The van der Waals surface area contributed by atoms with E-state index in [4.69, 9.17) is 4.84 Å². The van der Waals surface area contributed by atoms with Gasteiger partial charge in [0.2, 0.25) is 0 Å². The van der Waals surface area contributed by atoms with Crippen LogP contribution in [0.3, 0.4) is 0 Å². The molecule has 1 fully saturated rings. The number of hydrogen-bond donors (Lipinski definition) is 0. The molecule has 21 heavy (non-hydrogen) atoms. The predicted molar refractivity (Wildman–Crippen MR) is 78.5 cm³/mol. The SMILES string of the molecule is CN1O[C@@H](c2ccccc2)C[C@@H]1c1ccc([N+](=O)[O-])cc1. The van der Waals surface area contributed by atoms with Crippen LogP contribution in [0.25, 0.3) is 0 Å². The molecule has 2 atom stereocenters. The first-order chi connectivity index (χ1) is 10.1. The first kappa shape index (κ1) is 13.7. The molecule has 2 aromatic rings. The van der Waals surface area contributed by atoms with Crippen molar-refractivity contribution in [2.24, 2.45) is 0 Å². The molecule has 0 N–H and O–H groups in total. The summed E-state index contributed by atoms with van der Waals surface area (Å²) in [5.41, 5.74) is 2.29. The van der Waals surface area contributed by atoms with Crippen LogP contribution in [-0.2, 0) is 4.84 Å². The highest BCUT2D eigenvalue weighted by molar-refractivity contribution is 5.34. The van der Waals surface area contributed by atoms with Crippen LogP contribution in [-0.4, -0.2) is 17.0 Å². The van der Waals surface area contributed by atoms with E-state index in [-0.39, 0.29) is 22.8 Å². The van der Waals surface area contributed by atoms with Crippen LogP contribution in [0.15, 0.2) is 54.6 Å². The lowest BCUT2D eigenvalue weighted by Gasteiger charge is -2.17. The fourth-order valence-electron chi connectivity index (χ4n) is 2.70. The van der Waals surface area contributed by atoms with Gasteiger partial charge in [-0.1, -0.05) is 42.5 Å².